The topological polar surface area (TPSA) is 286 Å². The maximum atomic E-state index is 11.7. The summed E-state index contributed by atoms with van der Waals surface area (Å²) in [6.07, 6.45) is 5.45. The number of carboxylic acid groups (broad SMARTS) is 3. The Hall–Kier alpha value is -4.99. The van der Waals surface area contributed by atoms with Gasteiger partial charge in [-0.05, 0) is 55.9 Å². The lowest BCUT2D eigenvalue weighted by molar-refractivity contribution is -0.143. The molecule has 16 nitrogen and oxygen atoms in total. The van der Waals surface area contributed by atoms with E-state index in [1.807, 2.05) is 0 Å². The summed E-state index contributed by atoms with van der Waals surface area (Å²) in [5.41, 5.74) is 16.1. The van der Waals surface area contributed by atoms with Crippen LogP contribution in [-0.2, 0) is 24.0 Å². The van der Waals surface area contributed by atoms with E-state index in [0.29, 0.717) is 50.9 Å². The molecule has 1 heterocycles. The van der Waals surface area contributed by atoms with Crippen molar-refractivity contribution in [3.63, 3.8) is 0 Å². The second-order valence-electron chi connectivity index (χ2n) is 9.90. The maximum Gasteiger partial charge on any atom is 0.335 e. The number of nitrogens with two attached hydrogens (primary N) is 3. The third-order valence-electron chi connectivity index (χ3n) is 5.90. The molecule has 0 saturated carbocycles. The number of hydrogen-bond donors (Lipinski definition) is 8. The second kappa shape index (κ2) is 20.8. The van der Waals surface area contributed by atoms with Gasteiger partial charge in [-0.15, -0.1) is 0 Å². The van der Waals surface area contributed by atoms with Crippen molar-refractivity contribution in [2.45, 2.75) is 64.5 Å². The summed E-state index contributed by atoms with van der Waals surface area (Å²) >= 11 is 0. The van der Waals surface area contributed by atoms with Crippen molar-refractivity contribution in [1.82, 2.24) is 15.5 Å². The average Bonchev–Trinajstić information content (AvgIpc) is 3.26. The Morgan fingerprint density at radius 1 is 0.864 bits per heavy atom. The predicted octanol–water partition coefficient (Wildman–Crippen LogP) is 0.511. The molecule has 0 bridgehead atoms. The normalized spacial score (nSPS) is 13.1. The van der Waals surface area contributed by atoms with Gasteiger partial charge >= 0.3 is 23.9 Å². The van der Waals surface area contributed by atoms with Gasteiger partial charge in [-0.3, -0.25) is 24.1 Å². The van der Waals surface area contributed by atoms with Gasteiger partial charge in [0.25, 0.3) is 11.8 Å². The number of nitrogens with one attached hydrogen (secondary N) is 2. The molecule has 244 valence electrons. The number of hydrogen-bond acceptors (Lipinski definition) is 9. The van der Waals surface area contributed by atoms with Gasteiger partial charge < -0.3 is 43.2 Å². The number of imide groups is 1. The maximum absolute atomic E-state index is 11.7. The van der Waals surface area contributed by atoms with Gasteiger partial charge in [0, 0.05) is 37.3 Å². The van der Waals surface area contributed by atoms with E-state index in [9.17, 15) is 33.6 Å². The SMILES string of the molecule is CC(C)C(NC(=O)CCCCCN1C(=O)C=CC1=O)C(=O)O.NC(=O)NCCCC(N)C(=O)O.Nc1ccc(C(=O)O)cc1. The molecule has 1 aliphatic heterocycles. The van der Waals surface area contributed by atoms with E-state index < -0.39 is 36.0 Å². The Bertz CT molecular complexity index is 1150. The zero-order valence-electron chi connectivity index (χ0n) is 24.7. The number of aliphatic carboxylic acids is 2. The van der Waals surface area contributed by atoms with E-state index in [-0.39, 0.29) is 35.6 Å². The highest BCUT2D eigenvalue weighted by Gasteiger charge is 2.24. The zero-order chi connectivity index (χ0) is 33.8. The second-order valence-corrected chi connectivity index (χ2v) is 9.90. The quantitative estimate of drug-likeness (QED) is 0.0754. The minimum atomic E-state index is -1.04. The fraction of sp³-hybridized carbons (Fsp3) is 0.464. The molecule has 0 saturated heterocycles. The highest BCUT2D eigenvalue weighted by molar-refractivity contribution is 6.12. The molecule has 44 heavy (non-hydrogen) atoms. The lowest BCUT2D eigenvalue weighted by Gasteiger charge is -2.18. The van der Waals surface area contributed by atoms with Gasteiger partial charge in [0.15, 0.2) is 0 Å². The zero-order valence-corrected chi connectivity index (χ0v) is 24.7. The number of anilines is 1. The van der Waals surface area contributed by atoms with Crippen LogP contribution in [0.4, 0.5) is 10.5 Å². The largest absolute Gasteiger partial charge is 0.480 e. The van der Waals surface area contributed by atoms with E-state index in [1.165, 1.54) is 29.2 Å². The van der Waals surface area contributed by atoms with Gasteiger partial charge in [0.05, 0.1) is 5.56 Å². The van der Waals surface area contributed by atoms with Crippen molar-refractivity contribution < 1.29 is 48.9 Å². The fourth-order valence-electron chi connectivity index (χ4n) is 3.43. The van der Waals surface area contributed by atoms with Crippen molar-refractivity contribution in [1.29, 1.82) is 0 Å². The van der Waals surface area contributed by atoms with E-state index >= 15 is 0 Å². The van der Waals surface area contributed by atoms with Crippen LogP contribution in [0.2, 0.25) is 0 Å². The summed E-state index contributed by atoms with van der Waals surface area (Å²) in [7, 11) is 0. The monoisotopic (exact) mass is 622 g/mol. The smallest absolute Gasteiger partial charge is 0.335 e. The molecular formula is C28H42N6O10. The molecule has 2 rings (SSSR count). The van der Waals surface area contributed by atoms with Crippen LogP contribution < -0.4 is 27.8 Å². The number of benzene rings is 1. The summed E-state index contributed by atoms with van der Waals surface area (Å²) < 4.78 is 0. The Balaban J connectivity index is 0.000000704. The first kappa shape index (κ1) is 39.0. The van der Waals surface area contributed by atoms with Crippen LogP contribution in [0, 0.1) is 5.92 Å². The van der Waals surface area contributed by atoms with Crippen LogP contribution in [0.3, 0.4) is 0 Å². The number of rotatable bonds is 15. The van der Waals surface area contributed by atoms with Crippen molar-refractivity contribution >= 4 is 47.3 Å². The number of nitrogen functional groups attached to an aromatic ring is 1. The van der Waals surface area contributed by atoms with Gasteiger partial charge in [0.2, 0.25) is 5.91 Å². The molecule has 0 radical (unpaired) electrons. The summed E-state index contributed by atoms with van der Waals surface area (Å²) in [5, 5.41) is 30.6. The molecule has 0 spiro atoms. The van der Waals surface area contributed by atoms with Gasteiger partial charge in [0.1, 0.15) is 12.1 Å². The molecular weight excluding hydrogens is 580 g/mol. The molecule has 0 fully saturated rings. The van der Waals surface area contributed by atoms with E-state index in [0.717, 1.165) is 0 Å². The van der Waals surface area contributed by atoms with Crippen LogP contribution in [0.15, 0.2) is 36.4 Å². The minimum Gasteiger partial charge on any atom is -0.480 e. The Morgan fingerprint density at radius 3 is 1.89 bits per heavy atom. The van der Waals surface area contributed by atoms with Crippen LogP contribution in [0.25, 0.3) is 0 Å². The molecule has 11 N–H and O–H groups in total. The van der Waals surface area contributed by atoms with Crippen LogP contribution in [-0.4, -0.2) is 87.1 Å². The first-order chi connectivity index (χ1) is 20.6. The molecule has 2 atom stereocenters. The first-order valence-corrected chi connectivity index (χ1v) is 13.7. The van der Waals surface area contributed by atoms with E-state index in [1.54, 1.807) is 26.0 Å². The Kier molecular flexibility index (Phi) is 18.5. The summed E-state index contributed by atoms with van der Waals surface area (Å²) in [4.78, 5) is 77.0. The van der Waals surface area contributed by atoms with Crippen LogP contribution in [0.1, 0.15) is 62.7 Å². The number of unbranched alkanes of at least 4 members (excludes halogenated alkanes) is 2. The third kappa shape index (κ3) is 17.1. The fourth-order valence-corrected chi connectivity index (χ4v) is 3.43. The lowest BCUT2D eigenvalue weighted by atomic mass is 10.0. The molecule has 0 aliphatic carbocycles. The number of primary amides is 1. The van der Waals surface area contributed by atoms with Crippen LogP contribution >= 0.6 is 0 Å². The van der Waals surface area contributed by atoms with Crippen molar-refractivity contribution in [3.05, 3.63) is 42.0 Å². The molecule has 1 aromatic carbocycles. The van der Waals surface area contributed by atoms with Gasteiger partial charge in [-0.1, -0.05) is 20.3 Å². The minimum absolute atomic E-state index is 0.179. The molecule has 1 aliphatic rings. The van der Waals surface area contributed by atoms with Crippen molar-refractivity contribution in [2.75, 3.05) is 18.8 Å². The summed E-state index contributed by atoms with van der Waals surface area (Å²) in [6.45, 7) is 4.17. The van der Waals surface area contributed by atoms with Crippen molar-refractivity contribution in [2.24, 2.45) is 17.4 Å². The molecule has 5 amide bonds. The molecule has 16 heteroatoms. The average molecular weight is 623 g/mol. The number of carbonyl (C=O) groups excluding carboxylic acids is 4. The number of aromatic carboxylic acids is 1. The Labute approximate surface area is 254 Å². The first-order valence-electron chi connectivity index (χ1n) is 13.7. The number of amides is 5. The highest BCUT2D eigenvalue weighted by atomic mass is 16.4. The third-order valence-corrected chi connectivity index (χ3v) is 5.90. The molecule has 0 aromatic heterocycles. The number of carboxylic acids is 3. The molecule has 2 unspecified atom stereocenters. The summed E-state index contributed by atoms with van der Waals surface area (Å²) in [5.74, 6) is -4.08. The number of nitrogens with zero attached hydrogens (tertiary/aromatic N) is 1. The summed E-state index contributed by atoms with van der Waals surface area (Å²) in [6, 6.07) is 3.71. The van der Waals surface area contributed by atoms with E-state index in [4.69, 9.17) is 32.5 Å². The highest BCUT2D eigenvalue weighted by Crippen LogP contribution is 2.09. The Morgan fingerprint density at radius 2 is 1.43 bits per heavy atom. The van der Waals surface area contributed by atoms with Gasteiger partial charge in [-0.2, -0.15) is 0 Å². The van der Waals surface area contributed by atoms with E-state index in [2.05, 4.69) is 10.6 Å². The predicted molar refractivity (Wildman–Crippen MR) is 159 cm³/mol. The number of carbonyl (C=O) groups is 7. The molecule has 1 aromatic rings. The lowest BCUT2D eigenvalue weighted by Crippen LogP contribution is -2.44. The van der Waals surface area contributed by atoms with Crippen LogP contribution in [0.5, 0.6) is 0 Å². The van der Waals surface area contributed by atoms with Gasteiger partial charge in [-0.25, -0.2) is 14.4 Å². The standard InChI is InChI=1S/C15H22N2O5.C7H7NO2.C6H13N3O3/c1-10(2)14(15(21)22)16-11(18)6-4-3-5-9-17-12(19)7-8-13(17)20;8-6-3-1-5(2-4-6)7(9)10;7-4(5(10)11)2-1-3-9-6(8)12/h7-8,10,14H,3-6,9H2,1-2H3,(H,16,18)(H,21,22);1-4H,8H2,(H,9,10);4H,1-3,7H2,(H,10,11)(H3,8,9,12). The number of urea groups is 1. The van der Waals surface area contributed by atoms with Crippen molar-refractivity contribution in [3.8, 4) is 0 Å².